The first-order chi connectivity index (χ1) is 11.9. The Morgan fingerprint density at radius 2 is 1.68 bits per heavy atom. The maximum Gasteiger partial charge on any atom is 0.240 e. The van der Waals surface area contributed by atoms with E-state index in [-0.39, 0.29) is 11.4 Å². The van der Waals surface area contributed by atoms with Crippen LogP contribution in [-0.4, -0.2) is 28.6 Å². The van der Waals surface area contributed by atoms with E-state index in [1.807, 2.05) is 31.2 Å². The molecule has 0 aromatic heterocycles. The van der Waals surface area contributed by atoms with Crippen LogP contribution >= 0.6 is 0 Å². The van der Waals surface area contributed by atoms with E-state index in [9.17, 15) is 8.42 Å². The molecule has 0 aliphatic carbocycles. The van der Waals surface area contributed by atoms with Crippen LogP contribution in [0.1, 0.15) is 25.0 Å². The van der Waals surface area contributed by atoms with Crippen molar-refractivity contribution in [3.8, 4) is 5.75 Å². The average molecular weight is 362 g/mol. The van der Waals surface area contributed by atoms with Crippen LogP contribution in [-0.2, 0) is 16.6 Å². The molecule has 0 aliphatic heterocycles. The van der Waals surface area contributed by atoms with Gasteiger partial charge in [-0.15, -0.1) is 0 Å². The maximum absolute atomic E-state index is 12.5. The highest BCUT2D eigenvalue weighted by Gasteiger charge is 2.15. The van der Waals surface area contributed by atoms with Crippen molar-refractivity contribution in [2.75, 3.05) is 25.1 Å². The van der Waals surface area contributed by atoms with Gasteiger partial charge in [-0.25, -0.2) is 13.1 Å². The highest BCUT2D eigenvalue weighted by molar-refractivity contribution is 7.89. The van der Waals surface area contributed by atoms with Crippen molar-refractivity contribution >= 4 is 15.7 Å². The quantitative estimate of drug-likeness (QED) is 0.782. The van der Waals surface area contributed by atoms with Crippen molar-refractivity contribution < 1.29 is 13.2 Å². The molecule has 0 saturated heterocycles. The Morgan fingerprint density at radius 1 is 1.04 bits per heavy atom. The molecule has 0 fully saturated rings. The minimum absolute atomic E-state index is 0.241. The first kappa shape index (κ1) is 19.3. The third kappa shape index (κ3) is 4.74. The summed E-state index contributed by atoms with van der Waals surface area (Å²) in [6.07, 6.45) is 0. The number of nitrogens with zero attached hydrogens (tertiary/aromatic N) is 1. The van der Waals surface area contributed by atoms with Crippen LogP contribution in [0.25, 0.3) is 0 Å². The van der Waals surface area contributed by atoms with Crippen molar-refractivity contribution in [2.24, 2.45) is 0 Å². The summed E-state index contributed by atoms with van der Waals surface area (Å²) in [7, 11) is -1.99. The van der Waals surface area contributed by atoms with E-state index < -0.39 is 10.0 Å². The second kappa shape index (κ2) is 8.36. The zero-order chi connectivity index (χ0) is 18.4. The zero-order valence-electron chi connectivity index (χ0n) is 15.2. The Bertz CT molecular complexity index is 798. The van der Waals surface area contributed by atoms with Crippen LogP contribution in [0.2, 0.25) is 0 Å². The molecule has 0 spiro atoms. The Kier molecular flexibility index (Phi) is 6.45. The minimum atomic E-state index is -3.56. The average Bonchev–Trinajstić information content (AvgIpc) is 2.62. The van der Waals surface area contributed by atoms with Gasteiger partial charge in [0.25, 0.3) is 0 Å². The molecular weight excluding hydrogens is 336 g/mol. The fourth-order valence-electron chi connectivity index (χ4n) is 2.69. The molecule has 0 radical (unpaired) electrons. The number of sulfonamides is 1. The summed E-state index contributed by atoms with van der Waals surface area (Å²) < 4.78 is 32.8. The number of hydrogen-bond donors (Lipinski definition) is 1. The van der Waals surface area contributed by atoms with Gasteiger partial charge >= 0.3 is 0 Å². The molecule has 1 N–H and O–H groups in total. The predicted octanol–water partition coefficient (Wildman–Crippen LogP) is 3.33. The van der Waals surface area contributed by atoms with Gasteiger partial charge in [-0.2, -0.15) is 0 Å². The summed E-state index contributed by atoms with van der Waals surface area (Å²) in [4.78, 5) is 2.49. The number of hydrogen-bond acceptors (Lipinski definition) is 4. The summed E-state index contributed by atoms with van der Waals surface area (Å²) >= 11 is 0. The summed E-state index contributed by atoms with van der Waals surface area (Å²) in [5.41, 5.74) is 2.85. The number of benzene rings is 2. The molecule has 0 amide bonds. The van der Waals surface area contributed by atoms with Crippen molar-refractivity contribution in [2.45, 2.75) is 32.2 Å². The van der Waals surface area contributed by atoms with E-state index in [2.05, 4.69) is 23.5 Å². The van der Waals surface area contributed by atoms with E-state index in [1.165, 1.54) is 0 Å². The first-order valence-electron chi connectivity index (χ1n) is 8.39. The zero-order valence-corrected chi connectivity index (χ0v) is 16.1. The van der Waals surface area contributed by atoms with Crippen molar-refractivity contribution in [3.63, 3.8) is 0 Å². The van der Waals surface area contributed by atoms with E-state index in [1.54, 1.807) is 25.3 Å². The number of rotatable bonds is 8. The van der Waals surface area contributed by atoms with Crippen LogP contribution < -0.4 is 14.4 Å². The van der Waals surface area contributed by atoms with Gasteiger partial charge in [-0.05, 0) is 62.2 Å². The van der Waals surface area contributed by atoms with Crippen molar-refractivity contribution in [3.05, 3.63) is 53.6 Å². The summed E-state index contributed by atoms with van der Waals surface area (Å²) in [6, 6.07) is 12.8. The fourth-order valence-corrected chi connectivity index (χ4v) is 3.80. The molecular formula is C19H26N2O3S. The molecule has 136 valence electrons. The molecule has 2 aromatic carbocycles. The second-order valence-electron chi connectivity index (χ2n) is 5.79. The van der Waals surface area contributed by atoms with Gasteiger partial charge in [-0.3, -0.25) is 0 Å². The van der Waals surface area contributed by atoms with E-state index in [0.29, 0.717) is 5.75 Å². The van der Waals surface area contributed by atoms with Crippen LogP contribution in [0.5, 0.6) is 5.75 Å². The monoisotopic (exact) mass is 362 g/mol. The number of nitrogens with one attached hydrogen (secondary N) is 1. The van der Waals surface area contributed by atoms with E-state index >= 15 is 0 Å². The molecule has 0 unspecified atom stereocenters. The lowest BCUT2D eigenvalue weighted by Gasteiger charge is -2.21. The molecule has 6 heteroatoms. The van der Waals surface area contributed by atoms with E-state index in [4.69, 9.17) is 4.74 Å². The number of anilines is 1. The lowest BCUT2D eigenvalue weighted by Crippen LogP contribution is -2.24. The van der Waals surface area contributed by atoms with Gasteiger partial charge in [0.2, 0.25) is 10.0 Å². The van der Waals surface area contributed by atoms with Gasteiger partial charge in [0.1, 0.15) is 5.75 Å². The van der Waals surface area contributed by atoms with Gasteiger partial charge in [0, 0.05) is 25.3 Å². The minimum Gasteiger partial charge on any atom is -0.496 e. The smallest absolute Gasteiger partial charge is 0.240 e. The molecule has 2 rings (SSSR count). The third-order valence-electron chi connectivity index (χ3n) is 4.21. The van der Waals surface area contributed by atoms with Crippen molar-refractivity contribution in [1.29, 1.82) is 0 Å². The SMILES string of the molecule is CCN(CC)c1ccc(CNS(=O)(=O)c2ccc(OC)c(C)c2)cc1. The Balaban J connectivity index is 2.08. The largest absolute Gasteiger partial charge is 0.496 e. The van der Waals surface area contributed by atoms with Crippen LogP contribution in [0, 0.1) is 6.92 Å². The molecule has 0 atom stereocenters. The van der Waals surface area contributed by atoms with Gasteiger partial charge in [0.15, 0.2) is 0 Å². The summed E-state index contributed by atoms with van der Waals surface area (Å²) in [5.74, 6) is 0.672. The lowest BCUT2D eigenvalue weighted by molar-refractivity contribution is 0.411. The maximum atomic E-state index is 12.5. The summed E-state index contributed by atoms with van der Waals surface area (Å²) in [5, 5.41) is 0. The van der Waals surface area contributed by atoms with Crippen LogP contribution in [0.4, 0.5) is 5.69 Å². The Labute approximate surface area is 150 Å². The second-order valence-corrected chi connectivity index (χ2v) is 7.56. The number of methoxy groups -OCH3 is 1. The topological polar surface area (TPSA) is 58.6 Å². The Hall–Kier alpha value is -2.05. The van der Waals surface area contributed by atoms with Crippen LogP contribution in [0.3, 0.4) is 0 Å². The van der Waals surface area contributed by atoms with Gasteiger partial charge in [-0.1, -0.05) is 12.1 Å². The highest BCUT2D eigenvalue weighted by Crippen LogP contribution is 2.21. The van der Waals surface area contributed by atoms with Gasteiger partial charge < -0.3 is 9.64 Å². The van der Waals surface area contributed by atoms with Crippen LogP contribution in [0.15, 0.2) is 47.4 Å². The Morgan fingerprint density at radius 3 is 2.20 bits per heavy atom. The molecule has 2 aromatic rings. The lowest BCUT2D eigenvalue weighted by atomic mass is 10.2. The summed E-state index contributed by atoms with van der Waals surface area (Å²) in [6.45, 7) is 8.19. The third-order valence-corrected chi connectivity index (χ3v) is 5.61. The van der Waals surface area contributed by atoms with Gasteiger partial charge in [0.05, 0.1) is 12.0 Å². The molecule has 0 saturated carbocycles. The molecule has 0 aliphatic rings. The predicted molar refractivity (Wildman–Crippen MR) is 102 cm³/mol. The fraction of sp³-hybridized carbons (Fsp3) is 0.368. The molecule has 0 bridgehead atoms. The van der Waals surface area contributed by atoms with Crippen molar-refractivity contribution in [1.82, 2.24) is 4.72 Å². The molecule has 25 heavy (non-hydrogen) atoms. The first-order valence-corrected chi connectivity index (χ1v) is 9.87. The number of aryl methyl sites for hydroxylation is 1. The number of ether oxygens (including phenoxy) is 1. The molecule has 5 nitrogen and oxygen atoms in total. The molecule has 0 heterocycles. The van der Waals surface area contributed by atoms with E-state index in [0.717, 1.165) is 29.9 Å². The standard InChI is InChI=1S/C19H26N2O3S/c1-5-21(6-2)17-9-7-16(8-10-17)14-20-25(22,23)18-11-12-19(24-4)15(3)13-18/h7-13,20H,5-6,14H2,1-4H3. The highest BCUT2D eigenvalue weighted by atomic mass is 32.2. The normalized spacial score (nSPS) is 11.4.